The number of hydrogen-bond acceptors (Lipinski definition) is 1. The van der Waals surface area contributed by atoms with E-state index >= 15 is 0 Å². The standard InChI is InChI=1S/C17H19FN2O/c1-12-11-15(18)9-10-16(12)19-17(21)20(3)13(2)14-7-5-4-6-8-14/h4-11,13H,1-3H3,(H,19,21). The van der Waals surface area contributed by atoms with E-state index in [0.29, 0.717) is 11.3 Å². The molecule has 0 fully saturated rings. The summed E-state index contributed by atoms with van der Waals surface area (Å²) in [5.41, 5.74) is 2.38. The Hall–Kier alpha value is -2.36. The monoisotopic (exact) mass is 286 g/mol. The average molecular weight is 286 g/mol. The average Bonchev–Trinajstić information content (AvgIpc) is 2.49. The van der Waals surface area contributed by atoms with Crippen molar-refractivity contribution < 1.29 is 9.18 Å². The van der Waals surface area contributed by atoms with Gasteiger partial charge in [0.1, 0.15) is 5.82 Å². The van der Waals surface area contributed by atoms with Crippen molar-refractivity contribution in [3.63, 3.8) is 0 Å². The quantitative estimate of drug-likeness (QED) is 0.893. The summed E-state index contributed by atoms with van der Waals surface area (Å²) in [6.07, 6.45) is 0. The topological polar surface area (TPSA) is 32.3 Å². The fraction of sp³-hybridized carbons (Fsp3) is 0.235. The van der Waals surface area contributed by atoms with Crippen molar-refractivity contribution in [1.82, 2.24) is 4.90 Å². The molecule has 1 unspecified atom stereocenters. The third-order valence-corrected chi connectivity index (χ3v) is 3.61. The summed E-state index contributed by atoms with van der Waals surface area (Å²) in [6, 6.07) is 13.8. The molecule has 2 aromatic rings. The lowest BCUT2D eigenvalue weighted by atomic mass is 10.1. The summed E-state index contributed by atoms with van der Waals surface area (Å²) < 4.78 is 13.1. The lowest BCUT2D eigenvalue weighted by molar-refractivity contribution is 0.208. The molecule has 0 bridgehead atoms. The number of rotatable bonds is 3. The predicted molar refractivity (Wildman–Crippen MR) is 82.8 cm³/mol. The Morgan fingerprint density at radius 2 is 1.86 bits per heavy atom. The zero-order valence-corrected chi connectivity index (χ0v) is 12.4. The lowest BCUT2D eigenvalue weighted by Crippen LogP contribution is -2.33. The Balaban J connectivity index is 2.09. The largest absolute Gasteiger partial charge is 0.322 e. The van der Waals surface area contributed by atoms with Gasteiger partial charge in [0.05, 0.1) is 6.04 Å². The van der Waals surface area contributed by atoms with Gasteiger partial charge in [0.25, 0.3) is 0 Å². The van der Waals surface area contributed by atoms with Gasteiger partial charge < -0.3 is 10.2 Å². The lowest BCUT2D eigenvalue weighted by Gasteiger charge is -2.26. The van der Waals surface area contributed by atoms with Crippen molar-refractivity contribution in [2.24, 2.45) is 0 Å². The molecule has 0 spiro atoms. The molecule has 0 saturated heterocycles. The second kappa shape index (κ2) is 6.39. The van der Waals surface area contributed by atoms with Crippen molar-refractivity contribution >= 4 is 11.7 Å². The van der Waals surface area contributed by atoms with Gasteiger partial charge in [-0.3, -0.25) is 0 Å². The third kappa shape index (κ3) is 3.60. The van der Waals surface area contributed by atoms with Crippen LogP contribution in [0, 0.1) is 12.7 Å². The van der Waals surface area contributed by atoms with Crippen LogP contribution in [-0.2, 0) is 0 Å². The Labute approximate surface area is 124 Å². The minimum atomic E-state index is -0.309. The van der Waals surface area contributed by atoms with E-state index in [9.17, 15) is 9.18 Å². The van der Waals surface area contributed by atoms with E-state index in [1.165, 1.54) is 12.1 Å². The molecule has 0 aliphatic carbocycles. The van der Waals surface area contributed by atoms with Gasteiger partial charge in [-0.1, -0.05) is 30.3 Å². The molecule has 0 saturated carbocycles. The molecule has 0 heterocycles. The van der Waals surface area contributed by atoms with Crippen LogP contribution in [-0.4, -0.2) is 18.0 Å². The fourth-order valence-corrected chi connectivity index (χ4v) is 2.10. The van der Waals surface area contributed by atoms with Crippen LogP contribution in [0.5, 0.6) is 0 Å². The highest BCUT2D eigenvalue weighted by Crippen LogP contribution is 2.21. The number of hydrogen-bond donors (Lipinski definition) is 1. The molecule has 0 radical (unpaired) electrons. The summed E-state index contributed by atoms with van der Waals surface area (Å²) in [7, 11) is 1.74. The zero-order valence-electron chi connectivity index (χ0n) is 12.4. The normalized spacial score (nSPS) is 11.8. The van der Waals surface area contributed by atoms with Crippen LogP contribution >= 0.6 is 0 Å². The maximum Gasteiger partial charge on any atom is 0.322 e. The number of nitrogens with one attached hydrogen (secondary N) is 1. The highest BCUT2D eigenvalue weighted by molar-refractivity contribution is 5.90. The first-order chi connectivity index (χ1) is 9.99. The summed E-state index contributed by atoms with van der Waals surface area (Å²) in [6.45, 7) is 3.73. The number of aryl methyl sites for hydroxylation is 1. The van der Waals surface area contributed by atoms with Crippen LogP contribution in [0.3, 0.4) is 0 Å². The summed E-state index contributed by atoms with van der Waals surface area (Å²) >= 11 is 0. The highest BCUT2D eigenvalue weighted by atomic mass is 19.1. The SMILES string of the molecule is Cc1cc(F)ccc1NC(=O)N(C)C(C)c1ccccc1. The summed E-state index contributed by atoms with van der Waals surface area (Å²) in [5, 5.41) is 2.81. The van der Waals surface area contributed by atoms with Gasteiger partial charge in [-0.15, -0.1) is 0 Å². The fourth-order valence-electron chi connectivity index (χ4n) is 2.10. The van der Waals surface area contributed by atoms with Gasteiger partial charge in [-0.25, -0.2) is 9.18 Å². The minimum Gasteiger partial charge on any atom is -0.321 e. The van der Waals surface area contributed by atoms with Crippen molar-refractivity contribution in [2.75, 3.05) is 12.4 Å². The minimum absolute atomic E-state index is 0.0491. The third-order valence-electron chi connectivity index (χ3n) is 3.61. The molecule has 110 valence electrons. The Bertz CT molecular complexity index is 628. The van der Waals surface area contributed by atoms with Crippen LogP contribution < -0.4 is 5.32 Å². The molecule has 2 aromatic carbocycles. The van der Waals surface area contributed by atoms with Gasteiger partial charge in [0.15, 0.2) is 0 Å². The van der Waals surface area contributed by atoms with Gasteiger partial charge in [-0.05, 0) is 43.2 Å². The molecule has 2 rings (SSSR count). The number of halogens is 1. The summed E-state index contributed by atoms with van der Waals surface area (Å²) in [4.78, 5) is 13.9. The molecule has 1 atom stereocenters. The first kappa shape index (κ1) is 15.0. The van der Waals surface area contributed by atoms with E-state index in [1.54, 1.807) is 24.9 Å². The summed E-state index contributed by atoms with van der Waals surface area (Å²) in [5.74, 6) is -0.309. The number of urea groups is 1. The molecule has 21 heavy (non-hydrogen) atoms. The maximum atomic E-state index is 13.1. The number of anilines is 1. The molecular formula is C17H19FN2O. The Morgan fingerprint density at radius 1 is 1.19 bits per heavy atom. The number of carbonyl (C=O) groups excluding carboxylic acids is 1. The van der Waals surface area contributed by atoms with Crippen LogP contribution in [0.25, 0.3) is 0 Å². The maximum absolute atomic E-state index is 13.1. The molecule has 0 aromatic heterocycles. The second-order valence-corrected chi connectivity index (χ2v) is 5.09. The number of benzene rings is 2. The van der Waals surface area contributed by atoms with Crippen molar-refractivity contribution in [3.8, 4) is 0 Å². The van der Waals surface area contributed by atoms with Gasteiger partial charge in [0.2, 0.25) is 0 Å². The highest BCUT2D eigenvalue weighted by Gasteiger charge is 2.17. The van der Waals surface area contributed by atoms with Gasteiger partial charge in [-0.2, -0.15) is 0 Å². The molecule has 0 aliphatic rings. The molecular weight excluding hydrogens is 267 g/mol. The molecule has 0 aliphatic heterocycles. The zero-order chi connectivity index (χ0) is 15.4. The van der Waals surface area contributed by atoms with Crippen LogP contribution in [0.4, 0.5) is 14.9 Å². The Kier molecular flexibility index (Phi) is 4.58. The van der Waals surface area contributed by atoms with Crippen LogP contribution in [0.15, 0.2) is 48.5 Å². The number of amides is 2. The van der Waals surface area contributed by atoms with Crippen molar-refractivity contribution in [1.29, 1.82) is 0 Å². The molecule has 4 heteroatoms. The van der Waals surface area contributed by atoms with E-state index in [0.717, 1.165) is 5.56 Å². The number of nitrogens with zero attached hydrogens (tertiary/aromatic N) is 1. The molecule has 1 N–H and O–H groups in total. The van der Waals surface area contributed by atoms with Crippen LogP contribution in [0.2, 0.25) is 0 Å². The first-order valence-electron chi connectivity index (χ1n) is 6.84. The smallest absolute Gasteiger partial charge is 0.321 e. The first-order valence-corrected chi connectivity index (χ1v) is 6.84. The van der Waals surface area contributed by atoms with E-state index in [4.69, 9.17) is 0 Å². The van der Waals surface area contributed by atoms with E-state index < -0.39 is 0 Å². The van der Waals surface area contributed by atoms with E-state index in [1.807, 2.05) is 37.3 Å². The van der Waals surface area contributed by atoms with Gasteiger partial charge >= 0.3 is 6.03 Å². The van der Waals surface area contributed by atoms with Crippen molar-refractivity contribution in [3.05, 3.63) is 65.5 Å². The Morgan fingerprint density at radius 3 is 2.48 bits per heavy atom. The predicted octanol–water partition coefficient (Wildman–Crippen LogP) is 4.36. The van der Waals surface area contributed by atoms with Crippen LogP contribution in [0.1, 0.15) is 24.1 Å². The van der Waals surface area contributed by atoms with Crippen molar-refractivity contribution in [2.45, 2.75) is 19.9 Å². The molecule has 2 amide bonds. The second-order valence-electron chi connectivity index (χ2n) is 5.09. The number of carbonyl (C=O) groups is 1. The van der Waals surface area contributed by atoms with Gasteiger partial charge in [0, 0.05) is 12.7 Å². The van der Waals surface area contributed by atoms with E-state index in [2.05, 4.69) is 5.32 Å². The molecule has 3 nitrogen and oxygen atoms in total. The van der Waals surface area contributed by atoms with E-state index in [-0.39, 0.29) is 17.9 Å².